The van der Waals surface area contributed by atoms with Gasteiger partial charge >= 0.3 is 5.97 Å². The highest BCUT2D eigenvalue weighted by molar-refractivity contribution is 5.86. The maximum atomic E-state index is 11.3. The number of fused-ring (bicyclic) bond motifs is 1. The zero-order valence-electron chi connectivity index (χ0n) is 18.5. The first-order valence-corrected chi connectivity index (χ1v) is 10.8. The Morgan fingerprint density at radius 2 is 1.62 bits per heavy atom. The fourth-order valence-electron chi connectivity index (χ4n) is 2.87. The molecule has 32 heavy (non-hydrogen) atoms. The van der Waals surface area contributed by atoms with Crippen LogP contribution in [0.3, 0.4) is 0 Å². The number of esters is 1. The number of phenols is 1. The number of carbonyl (C=O) groups excluding carboxylic acids is 1. The van der Waals surface area contributed by atoms with Gasteiger partial charge in [-0.2, -0.15) is 0 Å². The molecule has 8 heteroatoms. The van der Waals surface area contributed by atoms with E-state index in [1.54, 1.807) is 31.2 Å². The molecule has 2 aromatic carbocycles. The molecule has 3 aromatic rings. The second-order valence-electron chi connectivity index (χ2n) is 7.46. The first-order chi connectivity index (χ1) is 15.5. The number of nitrogens with zero attached hydrogens (tertiary/aromatic N) is 3. The van der Waals surface area contributed by atoms with Crippen molar-refractivity contribution >= 4 is 17.0 Å². The zero-order chi connectivity index (χ0) is 22.9. The number of hydrogen-bond acceptors (Lipinski definition) is 7. The van der Waals surface area contributed by atoms with Crippen molar-refractivity contribution in [1.82, 2.24) is 15.0 Å². The van der Waals surface area contributed by atoms with E-state index < -0.39 is 0 Å². The van der Waals surface area contributed by atoms with Gasteiger partial charge in [-0.05, 0) is 50.5 Å². The maximum Gasteiger partial charge on any atom is 0.333 e. The lowest BCUT2D eigenvalue weighted by molar-refractivity contribution is -0.139. The predicted octanol–water partition coefficient (Wildman–Crippen LogP) is 4.58. The molecular formula is C24H29N3O5. The number of aromatic nitrogens is 3. The number of rotatable bonds is 12. The first kappa shape index (κ1) is 23.1. The van der Waals surface area contributed by atoms with E-state index in [4.69, 9.17) is 14.2 Å². The molecule has 8 nitrogen and oxygen atoms in total. The molecule has 0 atom stereocenters. The van der Waals surface area contributed by atoms with Gasteiger partial charge in [0.2, 0.25) is 0 Å². The molecule has 0 aliphatic rings. The normalized spacial score (nSPS) is 10.8. The lowest BCUT2D eigenvalue weighted by Gasteiger charge is -2.08. The van der Waals surface area contributed by atoms with E-state index in [-0.39, 0.29) is 11.7 Å². The quantitative estimate of drug-likeness (QED) is 0.251. The van der Waals surface area contributed by atoms with Crippen molar-refractivity contribution in [3.8, 4) is 22.9 Å². The second-order valence-corrected chi connectivity index (χ2v) is 7.46. The van der Waals surface area contributed by atoms with Crippen LogP contribution in [-0.4, -0.2) is 45.9 Å². The highest BCUT2D eigenvalue weighted by atomic mass is 16.5. The van der Waals surface area contributed by atoms with Crippen molar-refractivity contribution < 1.29 is 24.1 Å². The molecule has 170 valence electrons. The van der Waals surface area contributed by atoms with Gasteiger partial charge in [0.25, 0.3) is 0 Å². The van der Waals surface area contributed by atoms with Crippen molar-refractivity contribution in [1.29, 1.82) is 0 Å². The molecule has 0 spiro atoms. The van der Waals surface area contributed by atoms with E-state index in [0.717, 1.165) is 19.3 Å². The average molecular weight is 440 g/mol. The lowest BCUT2D eigenvalue weighted by Crippen LogP contribution is -2.07. The van der Waals surface area contributed by atoms with Crippen molar-refractivity contribution in [3.05, 3.63) is 48.6 Å². The standard InChI is InChI=1S/C24H29N3O5/c1-4-5-12-30-19-9-11-22(23(28)16-19)27-25-20-10-8-18(15-21(20)26-27)31-13-6-7-14-32-24(29)17(2)3/h8-11,15-16,28H,2,4-7,12-14H2,1,3H3. The van der Waals surface area contributed by atoms with Crippen LogP contribution >= 0.6 is 0 Å². The summed E-state index contributed by atoms with van der Waals surface area (Å²) in [5.41, 5.74) is 2.20. The summed E-state index contributed by atoms with van der Waals surface area (Å²) in [6.45, 7) is 8.71. The molecule has 0 unspecified atom stereocenters. The first-order valence-electron chi connectivity index (χ1n) is 10.8. The third-order valence-corrected chi connectivity index (χ3v) is 4.67. The molecule has 1 aromatic heterocycles. The number of phenolic OH excluding ortho intramolecular Hbond substituents is 1. The Balaban J connectivity index is 1.56. The van der Waals surface area contributed by atoms with Gasteiger partial charge in [-0.1, -0.05) is 19.9 Å². The smallest absolute Gasteiger partial charge is 0.333 e. The van der Waals surface area contributed by atoms with E-state index in [2.05, 4.69) is 23.7 Å². The number of aromatic hydroxyl groups is 1. The zero-order valence-corrected chi connectivity index (χ0v) is 18.5. The summed E-state index contributed by atoms with van der Waals surface area (Å²) >= 11 is 0. The van der Waals surface area contributed by atoms with Crippen molar-refractivity contribution in [2.75, 3.05) is 19.8 Å². The van der Waals surface area contributed by atoms with Crippen LogP contribution in [0.5, 0.6) is 17.2 Å². The predicted molar refractivity (Wildman–Crippen MR) is 121 cm³/mol. The van der Waals surface area contributed by atoms with E-state index in [1.165, 1.54) is 4.80 Å². The molecule has 0 saturated carbocycles. The molecule has 3 rings (SSSR count). The van der Waals surface area contributed by atoms with E-state index in [0.29, 0.717) is 60.0 Å². The van der Waals surface area contributed by atoms with Crippen molar-refractivity contribution in [2.45, 2.75) is 39.5 Å². The van der Waals surface area contributed by atoms with Crippen LogP contribution in [0.1, 0.15) is 39.5 Å². The van der Waals surface area contributed by atoms with Crippen molar-refractivity contribution in [2.24, 2.45) is 0 Å². The Kier molecular flexibility index (Phi) is 8.08. The van der Waals surface area contributed by atoms with Crippen LogP contribution in [0, 0.1) is 0 Å². The number of unbranched alkanes of at least 4 members (excludes halogenated alkanes) is 2. The van der Waals surface area contributed by atoms with Gasteiger partial charge in [0.05, 0.1) is 19.8 Å². The number of carbonyl (C=O) groups is 1. The molecule has 0 aliphatic heterocycles. The fourth-order valence-corrected chi connectivity index (χ4v) is 2.87. The second kappa shape index (κ2) is 11.2. The molecule has 1 N–H and O–H groups in total. The highest BCUT2D eigenvalue weighted by Gasteiger charge is 2.11. The molecule has 0 fully saturated rings. The topological polar surface area (TPSA) is 95.7 Å². The molecule has 1 heterocycles. The SMILES string of the molecule is C=C(C)C(=O)OCCCCOc1ccc2nn(-c3ccc(OCCCC)cc3O)nc2c1. The minimum Gasteiger partial charge on any atom is -0.505 e. The summed E-state index contributed by atoms with van der Waals surface area (Å²) in [5.74, 6) is 0.959. The van der Waals surface area contributed by atoms with Crippen molar-refractivity contribution in [3.63, 3.8) is 0 Å². The number of ether oxygens (including phenoxy) is 3. The van der Waals surface area contributed by atoms with Gasteiger partial charge in [-0.3, -0.25) is 0 Å². The molecule has 0 amide bonds. The fraction of sp³-hybridized carbons (Fsp3) is 0.375. The molecule has 0 radical (unpaired) electrons. The summed E-state index contributed by atoms with van der Waals surface area (Å²) in [5, 5.41) is 19.3. The molecule has 0 saturated heterocycles. The average Bonchev–Trinajstić information content (AvgIpc) is 3.19. The van der Waals surface area contributed by atoms with Crippen LogP contribution in [0.4, 0.5) is 0 Å². The Labute approximate surface area is 187 Å². The van der Waals surface area contributed by atoms with E-state index in [9.17, 15) is 9.90 Å². The summed E-state index contributed by atoms with van der Waals surface area (Å²) in [4.78, 5) is 12.7. The Morgan fingerprint density at radius 1 is 0.969 bits per heavy atom. The van der Waals surface area contributed by atoms with Gasteiger partial charge in [-0.15, -0.1) is 15.0 Å². The summed E-state index contributed by atoms with van der Waals surface area (Å²) in [7, 11) is 0. The minimum absolute atomic E-state index is 0.0446. The van der Waals surface area contributed by atoms with E-state index in [1.807, 2.05) is 12.1 Å². The van der Waals surface area contributed by atoms with Gasteiger partial charge in [-0.25, -0.2) is 4.79 Å². The third-order valence-electron chi connectivity index (χ3n) is 4.67. The summed E-state index contributed by atoms with van der Waals surface area (Å²) in [6.07, 6.45) is 3.45. The highest BCUT2D eigenvalue weighted by Crippen LogP contribution is 2.27. The van der Waals surface area contributed by atoms with Gasteiger partial charge in [0.1, 0.15) is 34.0 Å². The largest absolute Gasteiger partial charge is 0.505 e. The monoisotopic (exact) mass is 439 g/mol. The summed E-state index contributed by atoms with van der Waals surface area (Å²) < 4.78 is 16.4. The van der Waals surface area contributed by atoms with Crippen LogP contribution in [0.15, 0.2) is 48.6 Å². The maximum absolute atomic E-state index is 11.3. The van der Waals surface area contributed by atoms with Gasteiger partial charge in [0, 0.05) is 17.7 Å². The summed E-state index contributed by atoms with van der Waals surface area (Å²) in [6, 6.07) is 10.5. The van der Waals surface area contributed by atoms with Crippen LogP contribution in [-0.2, 0) is 9.53 Å². The molecule has 0 bridgehead atoms. The van der Waals surface area contributed by atoms with Crippen LogP contribution < -0.4 is 9.47 Å². The van der Waals surface area contributed by atoms with Crippen LogP contribution in [0.2, 0.25) is 0 Å². The number of benzene rings is 2. The Hall–Kier alpha value is -3.55. The van der Waals surface area contributed by atoms with Gasteiger partial charge in [0.15, 0.2) is 0 Å². The lowest BCUT2D eigenvalue weighted by atomic mass is 10.3. The number of hydrogen-bond donors (Lipinski definition) is 1. The Bertz CT molecular complexity index is 1080. The van der Waals surface area contributed by atoms with Gasteiger partial charge < -0.3 is 19.3 Å². The Morgan fingerprint density at radius 3 is 2.34 bits per heavy atom. The van der Waals surface area contributed by atoms with E-state index >= 15 is 0 Å². The van der Waals surface area contributed by atoms with Crippen LogP contribution in [0.25, 0.3) is 16.7 Å². The minimum atomic E-state index is -0.371. The molecule has 0 aliphatic carbocycles. The third kappa shape index (κ3) is 6.23. The molecular weight excluding hydrogens is 410 g/mol.